The second kappa shape index (κ2) is 11.3. The lowest BCUT2D eigenvalue weighted by atomic mass is 10.2. The summed E-state index contributed by atoms with van der Waals surface area (Å²) in [5.41, 5.74) is 5.43. The Morgan fingerprint density at radius 2 is 1.97 bits per heavy atom. The van der Waals surface area contributed by atoms with Crippen molar-refractivity contribution in [2.24, 2.45) is 5.10 Å². The number of ether oxygens (including phenoxy) is 2. The third-order valence-electron chi connectivity index (χ3n) is 4.53. The van der Waals surface area contributed by atoms with Crippen molar-refractivity contribution < 1.29 is 19.2 Å². The number of aryl methyl sites for hydroxylation is 1. The minimum absolute atomic E-state index is 0.00304. The molecule has 3 rings (SSSR count). The standard InChI is InChI=1S/C23H21IN4O5/c1-15-6-3-4-9-20(15)26-23(29)27-25-13-17-11-19(24)22(21(12-17)32-2)33-14-16-7-5-8-18(10-16)28(30)31/h3-13H,14H2,1-2H3,(H2,26,27,29). The number of rotatable bonds is 8. The highest BCUT2D eigenvalue weighted by atomic mass is 127. The first-order chi connectivity index (χ1) is 15.9. The van der Waals surface area contributed by atoms with E-state index in [2.05, 4.69) is 38.4 Å². The number of hydrogen-bond acceptors (Lipinski definition) is 6. The number of para-hydroxylation sites is 1. The van der Waals surface area contributed by atoms with Crippen LogP contribution in [0.4, 0.5) is 16.2 Å². The maximum absolute atomic E-state index is 12.1. The zero-order valence-electron chi connectivity index (χ0n) is 17.9. The molecule has 0 radical (unpaired) electrons. The molecule has 3 aromatic carbocycles. The lowest BCUT2D eigenvalue weighted by molar-refractivity contribution is -0.384. The van der Waals surface area contributed by atoms with Crippen LogP contribution in [0.3, 0.4) is 0 Å². The Kier molecular flexibility index (Phi) is 8.19. The summed E-state index contributed by atoms with van der Waals surface area (Å²) >= 11 is 2.10. The number of benzene rings is 3. The normalized spacial score (nSPS) is 10.6. The molecular weight excluding hydrogens is 539 g/mol. The van der Waals surface area contributed by atoms with Crippen molar-refractivity contribution in [1.82, 2.24) is 5.43 Å². The Balaban J connectivity index is 1.66. The maximum atomic E-state index is 12.1. The van der Waals surface area contributed by atoms with Crippen molar-refractivity contribution in [3.8, 4) is 11.5 Å². The molecule has 0 atom stereocenters. The number of amides is 2. The lowest BCUT2D eigenvalue weighted by Gasteiger charge is -2.13. The van der Waals surface area contributed by atoms with E-state index in [4.69, 9.17) is 9.47 Å². The van der Waals surface area contributed by atoms with Gasteiger partial charge in [-0.05, 0) is 64.4 Å². The number of methoxy groups -OCH3 is 1. The van der Waals surface area contributed by atoms with Crippen molar-refractivity contribution >= 4 is 46.2 Å². The molecule has 170 valence electrons. The second-order valence-electron chi connectivity index (χ2n) is 6.89. The van der Waals surface area contributed by atoms with Crippen LogP contribution in [0.25, 0.3) is 0 Å². The van der Waals surface area contributed by atoms with Gasteiger partial charge in [0.2, 0.25) is 0 Å². The van der Waals surface area contributed by atoms with Gasteiger partial charge in [0.05, 0.1) is 21.8 Å². The molecular formula is C23H21IN4O5. The van der Waals surface area contributed by atoms with E-state index in [1.165, 1.54) is 25.5 Å². The minimum atomic E-state index is -0.459. The molecule has 3 aromatic rings. The fourth-order valence-corrected chi connectivity index (χ4v) is 3.68. The predicted octanol–water partition coefficient (Wildman–Crippen LogP) is 5.25. The highest BCUT2D eigenvalue weighted by Gasteiger charge is 2.13. The van der Waals surface area contributed by atoms with Crippen LogP contribution in [0.1, 0.15) is 16.7 Å². The molecule has 0 spiro atoms. The summed E-state index contributed by atoms with van der Waals surface area (Å²) in [5.74, 6) is 0.977. The molecule has 2 N–H and O–H groups in total. The van der Waals surface area contributed by atoms with Crippen LogP contribution in [0, 0.1) is 20.6 Å². The van der Waals surface area contributed by atoms with Crippen LogP contribution in [0.15, 0.2) is 65.8 Å². The highest BCUT2D eigenvalue weighted by Crippen LogP contribution is 2.34. The van der Waals surface area contributed by atoms with Gasteiger partial charge in [0.1, 0.15) is 6.61 Å². The Hall–Kier alpha value is -3.67. The van der Waals surface area contributed by atoms with E-state index in [1.54, 1.807) is 24.3 Å². The van der Waals surface area contributed by atoms with Crippen molar-refractivity contribution in [2.75, 3.05) is 12.4 Å². The number of carbonyl (C=O) groups is 1. The first kappa shape index (κ1) is 24.0. The van der Waals surface area contributed by atoms with E-state index in [0.29, 0.717) is 28.3 Å². The van der Waals surface area contributed by atoms with Gasteiger partial charge in [0.25, 0.3) is 5.69 Å². The van der Waals surface area contributed by atoms with Crippen LogP contribution in [0.2, 0.25) is 0 Å². The largest absolute Gasteiger partial charge is 0.493 e. The number of urea groups is 1. The van der Waals surface area contributed by atoms with E-state index >= 15 is 0 Å². The first-order valence-electron chi connectivity index (χ1n) is 9.76. The summed E-state index contributed by atoms with van der Waals surface area (Å²) in [5, 5.41) is 17.7. The van der Waals surface area contributed by atoms with E-state index in [0.717, 1.165) is 9.13 Å². The number of nitro groups is 1. The van der Waals surface area contributed by atoms with Crippen LogP contribution >= 0.6 is 22.6 Å². The van der Waals surface area contributed by atoms with E-state index in [1.807, 2.05) is 31.2 Å². The number of carbonyl (C=O) groups excluding carboxylic acids is 1. The van der Waals surface area contributed by atoms with Crippen molar-refractivity contribution in [3.05, 3.63) is 91.0 Å². The topological polar surface area (TPSA) is 115 Å². The van der Waals surface area contributed by atoms with Crippen LogP contribution < -0.4 is 20.2 Å². The van der Waals surface area contributed by atoms with E-state index in [-0.39, 0.29) is 12.3 Å². The maximum Gasteiger partial charge on any atom is 0.339 e. The number of nitrogens with one attached hydrogen (secondary N) is 2. The Labute approximate surface area is 204 Å². The minimum Gasteiger partial charge on any atom is -0.493 e. The Bertz CT molecular complexity index is 1200. The Morgan fingerprint density at radius 3 is 2.70 bits per heavy atom. The molecule has 2 amide bonds. The third kappa shape index (κ3) is 6.65. The fraction of sp³-hybridized carbons (Fsp3) is 0.130. The van der Waals surface area contributed by atoms with Gasteiger partial charge in [-0.1, -0.05) is 30.3 Å². The van der Waals surface area contributed by atoms with Crippen LogP contribution in [0.5, 0.6) is 11.5 Å². The highest BCUT2D eigenvalue weighted by molar-refractivity contribution is 14.1. The van der Waals surface area contributed by atoms with Gasteiger partial charge < -0.3 is 14.8 Å². The van der Waals surface area contributed by atoms with Gasteiger partial charge in [-0.3, -0.25) is 10.1 Å². The molecule has 10 heteroatoms. The number of nitro benzene ring substituents is 1. The number of nitrogens with zero attached hydrogens (tertiary/aromatic N) is 2. The summed E-state index contributed by atoms with van der Waals surface area (Å²) in [7, 11) is 1.51. The molecule has 0 aliphatic carbocycles. The smallest absolute Gasteiger partial charge is 0.339 e. The van der Waals surface area contributed by atoms with Crippen molar-refractivity contribution in [1.29, 1.82) is 0 Å². The van der Waals surface area contributed by atoms with Crippen LogP contribution in [-0.2, 0) is 6.61 Å². The summed E-state index contributed by atoms with van der Waals surface area (Å²) < 4.78 is 12.1. The first-order valence-corrected chi connectivity index (χ1v) is 10.8. The number of hydrazone groups is 1. The molecule has 9 nitrogen and oxygen atoms in total. The summed E-state index contributed by atoms with van der Waals surface area (Å²) in [6.45, 7) is 2.04. The second-order valence-corrected chi connectivity index (χ2v) is 8.05. The average molecular weight is 560 g/mol. The van der Waals surface area contributed by atoms with E-state index in [9.17, 15) is 14.9 Å². The van der Waals surface area contributed by atoms with Gasteiger partial charge in [0, 0.05) is 17.8 Å². The number of anilines is 1. The van der Waals surface area contributed by atoms with Gasteiger partial charge in [-0.15, -0.1) is 0 Å². The van der Waals surface area contributed by atoms with Crippen LogP contribution in [-0.4, -0.2) is 24.3 Å². The fourth-order valence-electron chi connectivity index (χ4n) is 2.90. The summed E-state index contributed by atoms with van der Waals surface area (Å²) in [6, 6.07) is 16.8. The molecule has 0 bridgehead atoms. The molecule has 0 aromatic heterocycles. The molecule has 0 unspecified atom stereocenters. The molecule has 0 heterocycles. The number of non-ortho nitro benzene ring substituents is 1. The molecule has 0 aliphatic rings. The summed E-state index contributed by atoms with van der Waals surface area (Å²) in [4.78, 5) is 22.6. The van der Waals surface area contributed by atoms with E-state index < -0.39 is 11.0 Å². The number of halogens is 1. The van der Waals surface area contributed by atoms with Crippen molar-refractivity contribution in [3.63, 3.8) is 0 Å². The predicted molar refractivity (Wildman–Crippen MR) is 134 cm³/mol. The molecule has 0 saturated heterocycles. The number of hydrogen-bond donors (Lipinski definition) is 2. The average Bonchev–Trinajstić information content (AvgIpc) is 2.79. The molecule has 0 saturated carbocycles. The molecule has 33 heavy (non-hydrogen) atoms. The molecule has 0 aliphatic heterocycles. The summed E-state index contributed by atoms with van der Waals surface area (Å²) in [6.07, 6.45) is 1.49. The van der Waals surface area contributed by atoms with Gasteiger partial charge in [-0.2, -0.15) is 5.10 Å². The van der Waals surface area contributed by atoms with Gasteiger partial charge >= 0.3 is 6.03 Å². The van der Waals surface area contributed by atoms with Crippen molar-refractivity contribution in [2.45, 2.75) is 13.5 Å². The van der Waals surface area contributed by atoms with Gasteiger partial charge in [0.15, 0.2) is 11.5 Å². The van der Waals surface area contributed by atoms with Gasteiger partial charge in [-0.25, -0.2) is 10.2 Å². The quantitative estimate of drug-likeness (QED) is 0.169. The zero-order chi connectivity index (χ0) is 23.8. The SMILES string of the molecule is COc1cc(C=NNC(=O)Nc2ccccc2C)cc(I)c1OCc1cccc([N+](=O)[O-])c1. The monoisotopic (exact) mass is 560 g/mol. The zero-order valence-corrected chi connectivity index (χ0v) is 20.0. The Morgan fingerprint density at radius 1 is 1.18 bits per heavy atom. The third-order valence-corrected chi connectivity index (χ3v) is 5.33. The lowest BCUT2D eigenvalue weighted by Crippen LogP contribution is -2.24. The molecule has 0 fully saturated rings.